The summed E-state index contributed by atoms with van der Waals surface area (Å²) in [6, 6.07) is 0.115. The van der Waals surface area contributed by atoms with Crippen LogP contribution in [0, 0.1) is 0 Å². The number of sulfone groups is 1. The molecule has 1 aliphatic carbocycles. The van der Waals surface area contributed by atoms with E-state index in [0.29, 0.717) is 13.0 Å². The monoisotopic (exact) mass is 258 g/mol. The minimum absolute atomic E-state index is 0.115. The van der Waals surface area contributed by atoms with Crippen molar-refractivity contribution in [2.45, 2.75) is 43.5 Å². The lowest BCUT2D eigenvalue weighted by molar-refractivity contribution is 0.321. The van der Waals surface area contributed by atoms with Crippen molar-refractivity contribution < 1.29 is 8.42 Å². The van der Waals surface area contributed by atoms with Gasteiger partial charge in [0.15, 0.2) is 0 Å². The first-order valence-electron chi connectivity index (χ1n) is 5.79. The van der Waals surface area contributed by atoms with E-state index in [2.05, 4.69) is 10.1 Å². The second kappa shape index (κ2) is 4.73. The molecule has 1 heterocycles. The Kier molecular flexibility index (Phi) is 3.48. The molecular weight excluding hydrogens is 240 g/mol. The number of hydrogen-bond donors (Lipinski definition) is 1. The van der Waals surface area contributed by atoms with Crippen molar-refractivity contribution in [2.24, 2.45) is 5.73 Å². The van der Waals surface area contributed by atoms with Crippen LogP contribution in [0.3, 0.4) is 0 Å². The summed E-state index contributed by atoms with van der Waals surface area (Å²) < 4.78 is 25.0. The molecule has 0 spiro atoms. The van der Waals surface area contributed by atoms with Gasteiger partial charge < -0.3 is 5.73 Å². The van der Waals surface area contributed by atoms with E-state index in [1.54, 1.807) is 4.68 Å². The number of rotatable bonds is 3. The van der Waals surface area contributed by atoms with E-state index in [0.717, 1.165) is 25.1 Å². The van der Waals surface area contributed by atoms with Crippen LogP contribution in [0.4, 0.5) is 0 Å². The van der Waals surface area contributed by atoms with Gasteiger partial charge in [0.1, 0.15) is 22.0 Å². The molecule has 2 atom stereocenters. The molecule has 1 aromatic heterocycles. The minimum Gasteiger partial charge on any atom is -0.324 e. The normalized spacial score (nSPS) is 26.0. The van der Waals surface area contributed by atoms with Crippen molar-refractivity contribution in [3.8, 4) is 0 Å². The predicted molar refractivity (Wildman–Crippen MR) is 64.1 cm³/mol. The van der Waals surface area contributed by atoms with Crippen LogP contribution < -0.4 is 5.73 Å². The van der Waals surface area contributed by atoms with E-state index in [-0.39, 0.29) is 11.3 Å². The Hall–Kier alpha value is -0.950. The number of nitrogens with two attached hydrogens (primary N) is 1. The maximum Gasteiger partial charge on any atom is 0.150 e. The summed E-state index contributed by atoms with van der Waals surface area (Å²) in [6.45, 7) is 0.333. The highest BCUT2D eigenvalue weighted by Crippen LogP contribution is 2.31. The van der Waals surface area contributed by atoms with Crippen molar-refractivity contribution >= 4 is 9.84 Å². The van der Waals surface area contributed by atoms with Crippen molar-refractivity contribution in [1.29, 1.82) is 0 Å². The average molecular weight is 258 g/mol. The zero-order valence-corrected chi connectivity index (χ0v) is 10.7. The fourth-order valence-corrected chi connectivity index (χ4v) is 3.62. The van der Waals surface area contributed by atoms with Crippen LogP contribution in [-0.4, -0.2) is 34.7 Å². The molecule has 1 aromatic rings. The smallest absolute Gasteiger partial charge is 0.150 e. The Labute approximate surface area is 101 Å². The standard InChI is InChI=1S/C10H18N4O2S/c1-17(15,16)9-4-2-3-8(5-9)14-10(6-11)12-7-13-14/h7-9H,2-6,11H2,1H3. The van der Waals surface area contributed by atoms with Gasteiger partial charge in [0.05, 0.1) is 17.8 Å². The topological polar surface area (TPSA) is 90.9 Å². The van der Waals surface area contributed by atoms with Crippen LogP contribution in [-0.2, 0) is 16.4 Å². The summed E-state index contributed by atoms with van der Waals surface area (Å²) in [7, 11) is -2.96. The lowest BCUT2D eigenvalue weighted by Gasteiger charge is -2.28. The third-order valence-corrected chi connectivity index (χ3v) is 5.02. The first kappa shape index (κ1) is 12.5. The van der Waals surface area contributed by atoms with Crippen molar-refractivity contribution in [3.63, 3.8) is 0 Å². The van der Waals surface area contributed by atoms with E-state index >= 15 is 0 Å². The van der Waals surface area contributed by atoms with E-state index < -0.39 is 9.84 Å². The molecule has 6 nitrogen and oxygen atoms in total. The van der Waals surface area contributed by atoms with Crippen LogP contribution in [0.2, 0.25) is 0 Å². The summed E-state index contributed by atoms with van der Waals surface area (Å²) in [5.74, 6) is 0.726. The largest absolute Gasteiger partial charge is 0.324 e. The number of aromatic nitrogens is 3. The Morgan fingerprint density at radius 2 is 2.29 bits per heavy atom. The second-order valence-corrected chi connectivity index (χ2v) is 6.92. The molecule has 1 saturated carbocycles. The Balaban J connectivity index is 2.18. The molecule has 0 radical (unpaired) electrons. The van der Waals surface area contributed by atoms with Crippen LogP contribution in [0.15, 0.2) is 6.33 Å². The predicted octanol–water partition coefficient (Wildman–Crippen LogP) is 0.265. The molecule has 0 amide bonds. The molecule has 1 fully saturated rings. The minimum atomic E-state index is -2.96. The van der Waals surface area contributed by atoms with Gasteiger partial charge in [-0.25, -0.2) is 18.1 Å². The van der Waals surface area contributed by atoms with Gasteiger partial charge in [-0.15, -0.1) is 0 Å². The summed E-state index contributed by atoms with van der Waals surface area (Å²) in [4.78, 5) is 4.07. The summed E-state index contributed by atoms with van der Waals surface area (Å²) in [5.41, 5.74) is 5.58. The van der Waals surface area contributed by atoms with Crippen molar-refractivity contribution in [3.05, 3.63) is 12.2 Å². The van der Waals surface area contributed by atoms with Crippen molar-refractivity contribution in [2.75, 3.05) is 6.26 Å². The molecule has 0 saturated heterocycles. The third kappa shape index (κ3) is 2.66. The first-order chi connectivity index (χ1) is 8.02. The van der Waals surface area contributed by atoms with Crippen LogP contribution in [0.5, 0.6) is 0 Å². The molecule has 1 aliphatic rings. The molecule has 0 aliphatic heterocycles. The lowest BCUT2D eigenvalue weighted by atomic mass is 9.95. The van der Waals surface area contributed by atoms with E-state index in [9.17, 15) is 8.42 Å². The highest BCUT2D eigenvalue weighted by atomic mass is 32.2. The van der Waals surface area contributed by atoms with Crippen LogP contribution in [0.25, 0.3) is 0 Å². The van der Waals surface area contributed by atoms with E-state index in [4.69, 9.17) is 5.73 Å². The molecule has 96 valence electrons. The number of hydrogen-bond acceptors (Lipinski definition) is 5. The third-order valence-electron chi connectivity index (χ3n) is 3.38. The van der Waals surface area contributed by atoms with Gasteiger partial charge in [-0.3, -0.25) is 0 Å². The molecule has 17 heavy (non-hydrogen) atoms. The summed E-state index contributed by atoms with van der Waals surface area (Å²) in [5, 5.41) is 3.90. The van der Waals surface area contributed by atoms with Crippen LogP contribution >= 0.6 is 0 Å². The Bertz CT molecular complexity index is 482. The Morgan fingerprint density at radius 1 is 1.53 bits per heavy atom. The van der Waals surface area contributed by atoms with Gasteiger partial charge in [-0.2, -0.15) is 5.10 Å². The molecule has 2 N–H and O–H groups in total. The quantitative estimate of drug-likeness (QED) is 0.840. The Morgan fingerprint density at radius 3 is 2.94 bits per heavy atom. The lowest BCUT2D eigenvalue weighted by Crippen LogP contribution is -2.30. The van der Waals surface area contributed by atoms with Gasteiger partial charge in [0.2, 0.25) is 0 Å². The highest BCUT2D eigenvalue weighted by Gasteiger charge is 2.30. The van der Waals surface area contributed by atoms with Gasteiger partial charge >= 0.3 is 0 Å². The fraction of sp³-hybridized carbons (Fsp3) is 0.800. The molecule has 0 bridgehead atoms. The summed E-state index contributed by atoms with van der Waals surface area (Å²) >= 11 is 0. The highest BCUT2D eigenvalue weighted by molar-refractivity contribution is 7.91. The van der Waals surface area contributed by atoms with Gasteiger partial charge in [-0.05, 0) is 19.3 Å². The maximum absolute atomic E-state index is 11.6. The van der Waals surface area contributed by atoms with Gasteiger partial charge in [0, 0.05) is 6.26 Å². The van der Waals surface area contributed by atoms with Crippen LogP contribution in [0.1, 0.15) is 37.5 Å². The number of nitrogens with zero attached hydrogens (tertiary/aromatic N) is 3. The zero-order valence-electron chi connectivity index (χ0n) is 9.91. The summed E-state index contributed by atoms with van der Waals surface area (Å²) in [6.07, 6.45) is 6.02. The average Bonchev–Trinajstić information content (AvgIpc) is 2.76. The van der Waals surface area contributed by atoms with Gasteiger partial charge in [0.25, 0.3) is 0 Å². The van der Waals surface area contributed by atoms with E-state index in [1.165, 1.54) is 12.6 Å². The fourth-order valence-electron chi connectivity index (χ4n) is 2.46. The van der Waals surface area contributed by atoms with E-state index in [1.807, 2.05) is 0 Å². The molecular formula is C10H18N4O2S. The molecule has 2 rings (SSSR count). The maximum atomic E-state index is 11.6. The van der Waals surface area contributed by atoms with Crippen molar-refractivity contribution in [1.82, 2.24) is 14.8 Å². The molecule has 0 aromatic carbocycles. The zero-order chi connectivity index (χ0) is 12.5. The SMILES string of the molecule is CS(=O)(=O)C1CCCC(n2ncnc2CN)C1. The molecule has 2 unspecified atom stereocenters. The second-order valence-electron chi connectivity index (χ2n) is 4.60. The van der Waals surface area contributed by atoms with Gasteiger partial charge in [-0.1, -0.05) is 6.42 Å². The first-order valence-corrected chi connectivity index (χ1v) is 7.75. The molecule has 7 heteroatoms.